The van der Waals surface area contributed by atoms with Gasteiger partial charge in [0, 0.05) is 30.8 Å². The van der Waals surface area contributed by atoms with Crippen molar-refractivity contribution in [3.05, 3.63) is 46.1 Å². The number of nitrogens with zero attached hydrogens (tertiary/aromatic N) is 2. The second-order valence-corrected chi connectivity index (χ2v) is 5.31. The summed E-state index contributed by atoms with van der Waals surface area (Å²) >= 11 is 0. The molecule has 1 fully saturated rings. The van der Waals surface area contributed by atoms with Crippen LogP contribution in [0.1, 0.15) is 23.2 Å². The van der Waals surface area contributed by atoms with Gasteiger partial charge in [0.1, 0.15) is 0 Å². The van der Waals surface area contributed by atoms with Crippen molar-refractivity contribution in [3.8, 4) is 11.3 Å². The number of benzene rings is 1. The van der Waals surface area contributed by atoms with Gasteiger partial charge in [0.25, 0.3) is 11.6 Å². The fourth-order valence-electron chi connectivity index (χ4n) is 2.54. The molecule has 1 atom stereocenters. The number of nitro groups is 1. The molecular weight excluding hydrogens is 300 g/mol. The Morgan fingerprint density at radius 3 is 2.87 bits per heavy atom. The maximum absolute atomic E-state index is 12.3. The highest BCUT2D eigenvalue weighted by Crippen LogP contribution is 2.23. The number of rotatable bonds is 5. The quantitative estimate of drug-likeness (QED) is 0.646. The van der Waals surface area contributed by atoms with Gasteiger partial charge in [0.15, 0.2) is 0 Å². The molecule has 2 N–H and O–H groups in total. The molecule has 0 radical (unpaired) electrons. The largest absolute Gasteiger partial charge is 0.376 e. The van der Waals surface area contributed by atoms with Crippen LogP contribution >= 0.6 is 0 Å². The van der Waals surface area contributed by atoms with Crippen LogP contribution in [0.15, 0.2) is 30.5 Å². The molecule has 1 amide bonds. The molecular formula is C15H16N4O4. The molecule has 1 aromatic carbocycles. The first-order valence-corrected chi connectivity index (χ1v) is 7.33. The van der Waals surface area contributed by atoms with Crippen LogP contribution in [-0.4, -0.2) is 40.3 Å². The highest BCUT2D eigenvalue weighted by molar-refractivity contribution is 5.99. The van der Waals surface area contributed by atoms with Crippen LogP contribution in [-0.2, 0) is 4.74 Å². The van der Waals surface area contributed by atoms with Crippen LogP contribution in [0.5, 0.6) is 0 Å². The van der Waals surface area contributed by atoms with E-state index in [1.54, 1.807) is 12.1 Å². The lowest BCUT2D eigenvalue weighted by atomic mass is 10.1. The summed E-state index contributed by atoms with van der Waals surface area (Å²) in [7, 11) is 0. The molecule has 0 saturated carbocycles. The number of carbonyl (C=O) groups is 1. The van der Waals surface area contributed by atoms with E-state index >= 15 is 0 Å². The van der Waals surface area contributed by atoms with Crippen molar-refractivity contribution in [2.45, 2.75) is 18.9 Å². The monoisotopic (exact) mass is 316 g/mol. The van der Waals surface area contributed by atoms with Crippen LogP contribution in [0.4, 0.5) is 5.69 Å². The first-order valence-electron chi connectivity index (χ1n) is 7.33. The molecule has 8 heteroatoms. The molecule has 2 heterocycles. The Morgan fingerprint density at radius 2 is 2.22 bits per heavy atom. The average molecular weight is 316 g/mol. The van der Waals surface area contributed by atoms with Crippen LogP contribution in [0.25, 0.3) is 11.3 Å². The molecule has 1 aliphatic heterocycles. The van der Waals surface area contributed by atoms with E-state index in [-0.39, 0.29) is 17.7 Å². The lowest BCUT2D eigenvalue weighted by Gasteiger charge is -2.10. The number of aromatic amines is 1. The first-order chi connectivity index (χ1) is 11.1. The Bertz CT molecular complexity index is 705. The maximum Gasteiger partial charge on any atom is 0.269 e. The van der Waals surface area contributed by atoms with Crippen molar-refractivity contribution in [1.82, 2.24) is 15.5 Å². The molecule has 0 aliphatic carbocycles. The number of nitrogens with one attached hydrogen (secondary N) is 2. The zero-order valence-electron chi connectivity index (χ0n) is 12.3. The number of H-pyrrole nitrogens is 1. The molecule has 2 aromatic rings. The van der Waals surface area contributed by atoms with Gasteiger partial charge in [-0.3, -0.25) is 20.0 Å². The van der Waals surface area contributed by atoms with Crippen molar-refractivity contribution in [2.75, 3.05) is 13.2 Å². The molecule has 1 aromatic heterocycles. The smallest absolute Gasteiger partial charge is 0.269 e. The van der Waals surface area contributed by atoms with Gasteiger partial charge in [-0.15, -0.1) is 0 Å². The van der Waals surface area contributed by atoms with Crippen molar-refractivity contribution in [3.63, 3.8) is 0 Å². The molecule has 1 saturated heterocycles. The van der Waals surface area contributed by atoms with Gasteiger partial charge in [-0.1, -0.05) is 0 Å². The summed E-state index contributed by atoms with van der Waals surface area (Å²) in [5.74, 6) is -0.248. The minimum Gasteiger partial charge on any atom is -0.376 e. The predicted octanol–water partition coefficient (Wildman–Crippen LogP) is 1.89. The van der Waals surface area contributed by atoms with Gasteiger partial charge >= 0.3 is 0 Å². The third-order valence-electron chi connectivity index (χ3n) is 3.77. The summed E-state index contributed by atoms with van der Waals surface area (Å²) in [6.45, 7) is 1.20. The van der Waals surface area contributed by atoms with Gasteiger partial charge in [0.2, 0.25) is 0 Å². The number of ether oxygens (including phenoxy) is 1. The molecule has 120 valence electrons. The predicted molar refractivity (Wildman–Crippen MR) is 82.0 cm³/mol. The van der Waals surface area contributed by atoms with Gasteiger partial charge < -0.3 is 10.1 Å². The van der Waals surface area contributed by atoms with E-state index in [2.05, 4.69) is 15.5 Å². The Balaban J connectivity index is 1.73. The molecule has 1 aliphatic rings. The lowest BCUT2D eigenvalue weighted by Crippen LogP contribution is -2.31. The summed E-state index contributed by atoms with van der Waals surface area (Å²) in [6, 6.07) is 5.96. The van der Waals surface area contributed by atoms with Crippen molar-refractivity contribution in [2.24, 2.45) is 0 Å². The van der Waals surface area contributed by atoms with E-state index in [0.29, 0.717) is 23.4 Å². The normalized spacial score (nSPS) is 17.1. The summed E-state index contributed by atoms with van der Waals surface area (Å²) in [5.41, 5.74) is 1.59. The fraction of sp³-hybridized carbons (Fsp3) is 0.333. The van der Waals surface area contributed by atoms with Crippen LogP contribution in [0, 0.1) is 10.1 Å². The van der Waals surface area contributed by atoms with Crippen molar-refractivity contribution < 1.29 is 14.5 Å². The van der Waals surface area contributed by atoms with E-state index < -0.39 is 4.92 Å². The average Bonchev–Trinajstić information content (AvgIpc) is 3.24. The van der Waals surface area contributed by atoms with Gasteiger partial charge in [0.05, 0.1) is 28.5 Å². The highest BCUT2D eigenvalue weighted by Gasteiger charge is 2.19. The summed E-state index contributed by atoms with van der Waals surface area (Å²) in [5, 5.41) is 20.2. The van der Waals surface area contributed by atoms with E-state index in [4.69, 9.17) is 4.74 Å². The number of aromatic nitrogens is 2. The third-order valence-corrected chi connectivity index (χ3v) is 3.77. The number of hydrogen-bond acceptors (Lipinski definition) is 5. The molecule has 1 unspecified atom stereocenters. The Hall–Kier alpha value is -2.74. The SMILES string of the molecule is O=C(NCC1CCCO1)c1cn[nH]c1-c1ccc([N+](=O)[O-])cc1. The summed E-state index contributed by atoms with van der Waals surface area (Å²) < 4.78 is 5.47. The van der Waals surface area contributed by atoms with Gasteiger partial charge in [-0.05, 0) is 25.0 Å². The van der Waals surface area contributed by atoms with E-state index in [1.807, 2.05) is 0 Å². The van der Waals surface area contributed by atoms with Gasteiger partial charge in [-0.2, -0.15) is 5.10 Å². The van der Waals surface area contributed by atoms with E-state index in [9.17, 15) is 14.9 Å². The molecule has 0 spiro atoms. The number of amides is 1. The number of carbonyl (C=O) groups excluding carboxylic acids is 1. The second kappa shape index (κ2) is 6.57. The summed E-state index contributed by atoms with van der Waals surface area (Å²) in [6.07, 6.45) is 3.47. The molecule has 3 rings (SSSR count). The Labute approximate surface area is 132 Å². The highest BCUT2D eigenvalue weighted by atomic mass is 16.6. The molecule has 0 bridgehead atoms. The number of nitro benzene ring substituents is 1. The van der Waals surface area contributed by atoms with Crippen molar-refractivity contribution >= 4 is 11.6 Å². The van der Waals surface area contributed by atoms with Crippen LogP contribution < -0.4 is 5.32 Å². The second-order valence-electron chi connectivity index (χ2n) is 5.31. The van der Waals surface area contributed by atoms with E-state index in [0.717, 1.165) is 19.4 Å². The Morgan fingerprint density at radius 1 is 1.43 bits per heavy atom. The first kappa shape index (κ1) is 15.2. The fourth-order valence-corrected chi connectivity index (χ4v) is 2.54. The molecule has 8 nitrogen and oxygen atoms in total. The van der Waals surface area contributed by atoms with Crippen LogP contribution in [0.2, 0.25) is 0 Å². The van der Waals surface area contributed by atoms with Crippen LogP contribution in [0.3, 0.4) is 0 Å². The number of hydrogen-bond donors (Lipinski definition) is 2. The minimum absolute atomic E-state index is 0.00218. The minimum atomic E-state index is -0.466. The standard InChI is InChI=1S/C15H16N4O4/c20-15(16-8-12-2-1-7-23-12)13-9-17-18-14(13)10-3-5-11(6-4-10)19(21)22/h3-6,9,12H,1-2,7-8H2,(H,16,20)(H,17,18). The lowest BCUT2D eigenvalue weighted by molar-refractivity contribution is -0.384. The number of non-ortho nitro benzene ring substituents is 1. The van der Waals surface area contributed by atoms with Crippen molar-refractivity contribution in [1.29, 1.82) is 0 Å². The third kappa shape index (κ3) is 3.37. The topological polar surface area (TPSA) is 110 Å². The van der Waals surface area contributed by atoms with Gasteiger partial charge in [-0.25, -0.2) is 0 Å². The van der Waals surface area contributed by atoms with E-state index in [1.165, 1.54) is 18.3 Å². The Kier molecular flexibility index (Phi) is 4.33. The molecule has 23 heavy (non-hydrogen) atoms. The maximum atomic E-state index is 12.3. The zero-order valence-corrected chi connectivity index (χ0v) is 12.3. The zero-order chi connectivity index (χ0) is 16.2. The summed E-state index contributed by atoms with van der Waals surface area (Å²) in [4.78, 5) is 22.5.